The fourth-order valence-electron chi connectivity index (χ4n) is 0.0736. The summed E-state index contributed by atoms with van der Waals surface area (Å²) in [4.78, 5) is 9.49. The lowest BCUT2D eigenvalue weighted by Crippen LogP contribution is -1.78. The lowest BCUT2D eigenvalue weighted by atomic mass is 11.3. The van der Waals surface area contributed by atoms with Crippen LogP contribution in [0.15, 0.2) is 9.63 Å². The highest BCUT2D eigenvalue weighted by atomic mass is 32.2. The second kappa shape index (κ2) is 4.08. The molecule has 0 fully saturated rings. The van der Waals surface area contributed by atoms with Crippen molar-refractivity contribution in [1.29, 1.82) is 5.26 Å². The van der Waals surface area contributed by atoms with Crippen molar-refractivity contribution in [2.45, 2.75) is 0 Å². The number of nitriles is 1. The fourth-order valence-corrected chi connectivity index (χ4v) is 0.221. The van der Waals surface area contributed by atoms with Gasteiger partial charge >= 0.3 is 6.09 Å². The van der Waals surface area contributed by atoms with Crippen LogP contribution in [0.5, 0.6) is 0 Å². The molecule has 0 aromatic carbocycles. The molecule has 0 atom stereocenters. The van der Waals surface area contributed by atoms with Crippen LogP contribution in [0.1, 0.15) is 0 Å². The van der Waals surface area contributed by atoms with Crippen LogP contribution >= 0.6 is 11.9 Å². The van der Waals surface area contributed by atoms with Crippen molar-refractivity contribution in [3.05, 3.63) is 0 Å². The van der Waals surface area contributed by atoms with Gasteiger partial charge in [0.05, 0.1) is 0 Å². The van der Waals surface area contributed by atoms with Gasteiger partial charge in [0.25, 0.3) is 0 Å². The summed E-state index contributed by atoms with van der Waals surface area (Å²) >= 11 is 0.419. The first-order chi connectivity index (χ1) is 3.77. The van der Waals surface area contributed by atoms with E-state index in [9.17, 15) is 4.79 Å². The van der Waals surface area contributed by atoms with Gasteiger partial charge in [-0.3, -0.25) is 0 Å². The maximum Gasteiger partial charge on any atom is 0.450 e. The second-order valence-electron chi connectivity index (χ2n) is 0.647. The number of carbonyl (C=O) groups is 1. The molecular formula is C2HN3O2S. The molecule has 0 radical (unpaired) electrons. The molecule has 42 valence electrons. The normalized spacial score (nSPS) is 8.88. The van der Waals surface area contributed by atoms with Gasteiger partial charge in [-0.25, -0.2) is 4.79 Å². The van der Waals surface area contributed by atoms with E-state index >= 15 is 0 Å². The van der Waals surface area contributed by atoms with E-state index in [-0.39, 0.29) is 0 Å². The van der Waals surface area contributed by atoms with Gasteiger partial charge < -0.3 is 5.11 Å². The molecule has 8 heavy (non-hydrogen) atoms. The van der Waals surface area contributed by atoms with E-state index in [1.165, 1.54) is 5.40 Å². The third kappa shape index (κ3) is 4.91. The van der Waals surface area contributed by atoms with Crippen LogP contribution in [0.4, 0.5) is 4.79 Å². The molecule has 0 aromatic heterocycles. The Balaban J connectivity index is 3.38. The van der Waals surface area contributed by atoms with Gasteiger partial charge in [-0.1, -0.05) is 9.63 Å². The van der Waals surface area contributed by atoms with Crippen LogP contribution < -0.4 is 0 Å². The summed E-state index contributed by atoms with van der Waals surface area (Å²) in [5, 5.41) is 19.6. The summed E-state index contributed by atoms with van der Waals surface area (Å²) in [5.74, 6) is 0. The average Bonchev–Trinajstić information content (AvgIpc) is 1.66. The van der Waals surface area contributed by atoms with Crippen LogP contribution in [-0.2, 0) is 0 Å². The second-order valence-corrected chi connectivity index (χ2v) is 1.18. The van der Waals surface area contributed by atoms with Crippen molar-refractivity contribution in [2.75, 3.05) is 0 Å². The summed E-state index contributed by atoms with van der Waals surface area (Å²) in [6.07, 6.45) is -1.40. The molecule has 0 aromatic rings. The number of amides is 1. The molecule has 0 spiro atoms. The summed E-state index contributed by atoms with van der Waals surface area (Å²) in [6, 6.07) is 0. The topological polar surface area (TPSA) is 85.8 Å². The van der Waals surface area contributed by atoms with Gasteiger partial charge in [0.15, 0.2) is 5.40 Å². The number of carboxylic acid groups (broad SMARTS) is 1. The van der Waals surface area contributed by atoms with E-state index in [4.69, 9.17) is 10.4 Å². The van der Waals surface area contributed by atoms with E-state index in [0.29, 0.717) is 11.9 Å². The Labute approximate surface area is 49.2 Å². The smallest absolute Gasteiger partial charge is 0.450 e. The molecule has 1 amide bonds. The van der Waals surface area contributed by atoms with Crippen molar-refractivity contribution < 1.29 is 9.90 Å². The van der Waals surface area contributed by atoms with E-state index in [0.717, 1.165) is 0 Å². The molecule has 0 aliphatic carbocycles. The highest BCUT2D eigenvalue weighted by molar-refractivity contribution is 8.02. The van der Waals surface area contributed by atoms with Crippen molar-refractivity contribution >= 4 is 18.0 Å². The van der Waals surface area contributed by atoms with E-state index in [1.807, 2.05) is 0 Å². The Morgan fingerprint density at radius 1 is 1.88 bits per heavy atom. The largest absolute Gasteiger partial charge is 0.462 e. The van der Waals surface area contributed by atoms with E-state index in [1.54, 1.807) is 0 Å². The Kier molecular flexibility index (Phi) is 3.52. The fraction of sp³-hybridized carbons (Fsp3) is 0. The zero-order valence-electron chi connectivity index (χ0n) is 3.61. The molecule has 0 unspecified atom stereocenters. The Morgan fingerprint density at radius 3 is 2.88 bits per heavy atom. The van der Waals surface area contributed by atoms with Crippen molar-refractivity contribution in [2.24, 2.45) is 9.63 Å². The minimum absolute atomic E-state index is 0.419. The van der Waals surface area contributed by atoms with Crippen LogP contribution in [0, 0.1) is 10.7 Å². The molecule has 0 heterocycles. The Bertz CT molecular complexity index is 148. The van der Waals surface area contributed by atoms with Crippen LogP contribution in [0.2, 0.25) is 0 Å². The molecule has 0 rings (SSSR count). The first kappa shape index (κ1) is 6.91. The van der Waals surface area contributed by atoms with Crippen molar-refractivity contribution in [1.82, 2.24) is 0 Å². The molecule has 0 bridgehead atoms. The predicted molar refractivity (Wildman–Crippen MR) is 26.1 cm³/mol. The molecular weight excluding hydrogens is 130 g/mol. The van der Waals surface area contributed by atoms with Crippen molar-refractivity contribution in [3.8, 4) is 5.40 Å². The average molecular weight is 131 g/mol. The summed E-state index contributed by atoms with van der Waals surface area (Å²) in [6.45, 7) is 0. The highest BCUT2D eigenvalue weighted by Gasteiger charge is 1.84. The standard InChI is InChI=1S/C2HN3O2S/c3-1-8-5-4-2(6)7/h(H,6,7). The van der Waals surface area contributed by atoms with Gasteiger partial charge in [-0.05, 0) is 0 Å². The molecule has 5 nitrogen and oxygen atoms in total. The minimum Gasteiger partial charge on any atom is -0.462 e. The summed E-state index contributed by atoms with van der Waals surface area (Å²) in [7, 11) is 0. The van der Waals surface area contributed by atoms with Crippen LogP contribution in [-0.4, -0.2) is 11.2 Å². The molecule has 6 heteroatoms. The number of nitrogens with zero attached hydrogens (tertiary/aromatic N) is 3. The third-order valence-corrected chi connectivity index (χ3v) is 0.453. The molecule has 0 aliphatic rings. The Morgan fingerprint density at radius 2 is 2.50 bits per heavy atom. The predicted octanol–water partition coefficient (Wildman–Crippen LogP) is 1.25. The molecule has 0 saturated heterocycles. The number of hydrogen-bond donors (Lipinski definition) is 1. The first-order valence-electron chi connectivity index (χ1n) is 1.46. The summed E-state index contributed by atoms with van der Waals surface area (Å²) < 4.78 is 2.87. The van der Waals surface area contributed by atoms with E-state index in [2.05, 4.69) is 9.63 Å². The molecule has 1 N–H and O–H groups in total. The summed E-state index contributed by atoms with van der Waals surface area (Å²) in [5.41, 5.74) is 0. The first-order valence-corrected chi connectivity index (χ1v) is 2.24. The van der Waals surface area contributed by atoms with Crippen LogP contribution in [0.3, 0.4) is 0 Å². The van der Waals surface area contributed by atoms with Gasteiger partial charge in [0, 0.05) is 0 Å². The number of hydrogen-bond acceptors (Lipinski definition) is 4. The van der Waals surface area contributed by atoms with E-state index < -0.39 is 6.09 Å². The Hall–Kier alpha value is -1.09. The monoisotopic (exact) mass is 131 g/mol. The van der Waals surface area contributed by atoms with Gasteiger partial charge in [-0.15, -0.1) is 0 Å². The highest BCUT2D eigenvalue weighted by Crippen LogP contribution is 1.97. The number of rotatable bonds is 1. The van der Waals surface area contributed by atoms with Gasteiger partial charge in [0.2, 0.25) is 0 Å². The quantitative estimate of drug-likeness (QED) is 0.329. The SMILES string of the molecule is N#CSN=NC(=O)O. The van der Waals surface area contributed by atoms with Crippen molar-refractivity contribution in [3.63, 3.8) is 0 Å². The zero-order valence-corrected chi connectivity index (χ0v) is 4.42. The lowest BCUT2D eigenvalue weighted by molar-refractivity contribution is 0.204. The minimum atomic E-state index is -1.40. The molecule has 0 saturated carbocycles. The molecule has 0 aliphatic heterocycles. The number of thiocyanates is 1. The maximum atomic E-state index is 9.49. The zero-order chi connectivity index (χ0) is 6.41. The van der Waals surface area contributed by atoms with Gasteiger partial charge in [-0.2, -0.15) is 5.26 Å². The lowest BCUT2D eigenvalue weighted by Gasteiger charge is -1.70. The van der Waals surface area contributed by atoms with Crippen LogP contribution in [0.25, 0.3) is 0 Å². The van der Waals surface area contributed by atoms with Gasteiger partial charge in [0.1, 0.15) is 11.9 Å². The maximum absolute atomic E-state index is 9.49. The third-order valence-electron chi connectivity index (χ3n) is 0.208.